The molecule has 0 atom stereocenters. The van der Waals surface area contributed by atoms with Crippen LogP contribution in [0, 0.1) is 10.1 Å². The Bertz CT molecular complexity index is 279. The highest BCUT2D eigenvalue weighted by atomic mass is 16.6. The van der Waals surface area contributed by atoms with Gasteiger partial charge in [0.25, 0.3) is 0 Å². The van der Waals surface area contributed by atoms with Gasteiger partial charge in [0, 0.05) is 0 Å². The lowest BCUT2D eigenvalue weighted by atomic mass is 10.6. The predicted molar refractivity (Wildman–Crippen MR) is 39.1 cm³/mol. The van der Waals surface area contributed by atoms with Crippen LogP contribution in [0.25, 0.3) is 0 Å². The van der Waals surface area contributed by atoms with Crippen LogP contribution >= 0.6 is 0 Å². The first-order valence-electron chi connectivity index (χ1n) is 3.02. The lowest BCUT2D eigenvalue weighted by Gasteiger charge is -1.89. The molecular formula is C6H7N3O2. The summed E-state index contributed by atoms with van der Waals surface area (Å²) in [7, 11) is 0. The number of nitro groups is 1. The first-order valence-corrected chi connectivity index (χ1v) is 3.02. The Morgan fingerprint density at radius 1 is 1.91 bits per heavy atom. The molecule has 11 heavy (non-hydrogen) atoms. The van der Waals surface area contributed by atoms with E-state index in [-0.39, 0.29) is 5.69 Å². The van der Waals surface area contributed by atoms with E-state index in [0.717, 1.165) is 0 Å². The molecule has 0 amide bonds. The van der Waals surface area contributed by atoms with Crippen molar-refractivity contribution in [1.29, 1.82) is 0 Å². The zero-order chi connectivity index (χ0) is 8.27. The average molecular weight is 153 g/mol. The molecule has 1 heterocycles. The van der Waals surface area contributed by atoms with Crippen molar-refractivity contribution in [3.05, 3.63) is 35.2 Å². The van der Waals surface area contributed by atoms with Crippen molar-refractivity contribution < 1.29 is 4.92 Å². The van der Waals surface area contributed by atoms with Crippen LogP contribution in [-0.2, 0) is 6.54 Å². The molecule has 0 unspecified atom stereocenters. The van der Waals surface area contributed by atoms with Crippen LogP contribution in [0.4, 0.5) is 5.69 Å². The number of nitrogens with zero attached hydrogens (tertiary/aromatic N) is 3. The van der Waals surface area contributed by atoms with Gasteiger partial charge in [-0.1, -0.05) is 6.08 Å². The van der Waals surface area contributed by atoms with E-state index in [1.54, 1.807) is 6.08 Å². The van der Waals surface area contributed by atoms with Crippen LogP contribution in [0.15, 0.2) is 25.0 Å². The molecule has 0 radical (unpaired) electrons. The maximum atomic E-state index is 10.1. The Morgan fingerprint density at radius 3 is 3.09 bits per heavy atom. The maximum Gasteiger partial charge on any atom is 0.307 e. The van der Waals surface area contributed by atoms with E-state index in [1.807, 2.05) is 0 Å². The van der Waals surface area contributed by atoms with Crippen molar-refractivity contribution in [2.75, 3.05) is 0 Å². The number of aromatic nitrogens is 2. The Kier molecular flexibility index (Phi) is 2.00. The van der Waals surface area contributed by atoms with Crippen LogP contribution in [-0.4, -0.2) is 14.7 Å². The first-order chi connectivity index (χ1) is 5.24. The van der Waals surface area contributed by atoms with Gasteiger partial charge < -0.3 is 0 Å². The lowest BCUT2D eigenvalue weighted by Crippen LogP contribution is -1.93. The Hall–Kier alpha value is -1.65. The molecule has 1 rings (SSSR count). The fourth-order valence-corrected chi connectivity index (χ4v) is 0.679. The predicted octanol–water partition coefficient (Wildman–Crippen LogP) is 0.977. The van der Waals surface area contributed by atoms with E-state index >= 15 is 0 Å². The molecule has 5 heteroatoms. The van der Waals surface area contributed by atoms with Gasteiger partial charge in [-0.05, 0) is 0 Å². The second-order valence-electron chi connectivity index (χ2n) is 1.97. The molecular weight excluding hydrogens is 146 g/mol. The highest BCUT2D eigenvalue weighted by Gasteiger charge is 2.06. The summed E-state index contributed by atoms with van der Waals surface area (Å²) in [6, 6.07) is 0. The summed E-state index contributed by atoms with van der Waals surface area (Å²) >= 11 is 0. The van der Waals surface area contributed by atoms with Crippen molar-refractivity contribution >= 4 is 5.69 Å². The first kappa shape index (κ1) is 7.46. The molecule has 0 aliphatic heterocycles. The van der Waals surface area contributed by atoms with Gasteiger partial charge >= 0.3 is 5.69 Å². The zero-order valence-electron chi connectivity index (χ0n) is 5.80. The Balaban J connectivity index is 2.81. The molecule has 0 saturated heterocycles. The minimum atomic E-state index is -0.480. The van der Waals surface area contributed by atoms with Crippen LogP contribution < -0.4 is 0 Å². The van der Waals surface area contributed by atoms with Crippen molar-refractivity contribution in [3.8, 4) is 0 Å². The topological polar surface area (TPSA) is 61.0 Å². The van der Waals surface area contributed by atoms with E-state index in [4.69, 9.17) is 0 Å². The quantitative estimate of drug-likeness (QED) is 0.369. The van der Waals surface area contributed by atoms with Gasteiger partial charge in [-0.3, -0.25) is 14.8 Å². The van der Waals surface area contributed by atoms with Crippen LogP contribution in [0.3, 0.4) is 0 Å². The van der Waals surface area contributed by atoms with Crippen LogP contribution in [0.5, 0.6) is 0 Å². The van der Waals surface area contributed by atoms with Crippen molar-refractivity contribution in [1.82, 2.24) is 9.78 Å². The number of allylic oxidation sites excluding steroid dienone is 1. The molecule has 0 aromatic carbocycles. The summed E-state index contributed by atoms with van der Waals surface area (Å²) in [6.45, 7) is 3.97. The van der Waals surface area contributed by atoms with Crippen molar-refractivity contribution in [2.24, 2.45) is 0 Å². The summed E-state index contributed by atoms with van der Waals surface area (Å²) in [5.74, 6) is 0. The molecule has 58 valence electrons. The van der Waals surface area contributed by atoms with Gasteiger partial charge in [-0.25, -0.2) is 0 Å². The summed E-state index contributed by atoms with van der Waals surface area (Å²) in [5.41, 5.74) is 0.00634. The number of rotatable bonds is 3. The van der Waals surface area contributed by atoms with Gasteiger partial charge in [0.05, 0.1) is 11.5 Å². The van der Waals surface area contributed by atoms with Crippen LogP contribution in [0.1, 0.15) is 0 Å². The van der Waals surface area contributed by atoms with E-state index in [1.165, 1.54) is 17.1 Å². The normalized spacial score (nSPS) is 9.45. The van der Waals surface area contributed by atoms with Crippen molar-refractivity contribution in [3.63, 3.8) is 0 Å². The second kappa shape index (κ2) is 2.96. The molecule has 5 nitrogen and oxygen atoms in total. The smallest absolute Gasteiger partial charge is 0.262 e. The van der Waals surface area contributed by atoms with E-state index < -0.39 is 4.92 Å². The summed E-state index contributed by atoms with van der Waals surface area (Å²) in [6.07, 6.45) is 4.20. The van der Waals surface area contributed by atoms with E-state index in [2.05, 4.69) is 11.7 Å². The fourth-order valence-electron chi connectivity index (χ4n) is 0.679. The largest absolute Gasteiger partial charge is 0.307 e. The zero-order valence-corrected chi connectivity index (χ0v) is 5.80. The van der Waals surface area contributed by atoms with Gasteiger partial charge in [0.2, 0.25) is 0 Å². The molecule has 0 aliphatic rings. The average Bonchev–Trinajstić information content (AvgIpc) is 2.37. The third-order valence-corrected chi connectivity index (χ3v) is 1.15. The molecule has 1 aromatic rings. The molecule has 0 fully saturated rings. The maximum absolute atomic E-state index is 10.1. The monoisotopic (exact) mass is 153 g/mol. The minimum absolute atomic E-state index is 0.00634. The molecule has 1 aromatic heterocycles. The fraction of sp³-hybridized carbons (Fsp3) is 0.167. The molecule has 0 spiro atoms. The van der Waals surface area contributed by atoms with Gasteiger partial charge in [0.1, 0.15) is 12.4 Å². The molecule has 0 saturated carbocycles. The highest BCUT2D eigenvalue weighted by Crippen LogP contribution is 2.06. The third kappa shape index (κ3) is 1.64. The third-order valence-electron chi connectivity index (χ3n) is 1.15. The summed E-state index contributed by atoms with van der Waals surface area (Å²) in [5, 5.41) is 13.9. The second-order valence-corrected chi connectivity index (χ2v) is 1.97. The minimum Gasteiger partial charge on any atom is -0.262 e. The van der Waals surface area contributed by atoms with Crippen molar-refractivity contribution in [2.45, 2.75) is 6.54 Å². The lowest BCUT2D eigenvalue weighted by molar-refractivity contribution is -0.385. The van der Waals surface area contributed by atoms with E-state index in [9.17, 15) is 10.1 Å². The standard InChI is InChI=1S/C6H7N3O2/c1-2-3-8-5-6(4-7-8)9(10)11/h2,4-5H,1,3H2. The molecule has 0 aliphatic carbocycles. The number of hydrogen-bond acceptors (Lipinski definition) is 3. The Labute approximate surface area is 63.1 Å². The molecule has 0 N–H and O–H groups in total. The molecule has 0 bridgehead atoms. The van der Waals surface area contributed by atoms with E-state index in [0.29, 0.717) is 6.54 Å². The highest BCUT2D eigenvalue weighted by molar-refractivity contribution is 5.20. The van der Waals surface area contributed by atoms with Crippen LogP contribution in [0.2, 0.25) is 0 Å². The SMILES string of the molecule is C=CCn1cc([N+](=O)[O-])cn1. The van der Waals surface area contributed by atoms with Gasteiger partial charge in [-0.15, -0.1) is 6.58 Å². The Morgan fingerprint density at radius 2 is 2.64 bits per heavy atom. The summed E-state index contributed by atoms with van der Waals surface area (Å²) < 4.78 is 1.45. The van der Waals surface area contributed by atoms with Gasteiger partial charge in [-0.2, -0.15) is 5.10 Å². The summed E-state index contributed by atoms with van der Waals surface area (Å²) in [4.78, 5) is 9.67. The van der Waals surface area contributed by atoms with Gasteiger partial charge in [0.15, 0.2) is 0 Å². The number of hydrogen-bond donors (Lipinski definition) is 0.